The number of rotatable bonds is 9. The third-order valence-electron chi connectivity index (χ3n) is 6.99. The third kappa shape index (κ3) is 6.15. The molecule has 0 N–H and O–H groups in total. The van der Waals surface area contributed by atoms with Crippen molar-refractivity contribution >= 4 is 11.9 Å². The Balaban J connectivity index is 1.30. The Hall–Kier alpha value is -3.16. The summed E-state index contributed by atoms with van der Waals surface area (Å²) in [6, 6.07) is 18.5. The van der Waals surface area contributed by atoms with Crippen molar-refractivity contribution in [3.8, 4) is 5.75 Å². The van der Waals surface area contributed by atoms with Crippen LogP contribution in [0.1, 0.15) is 42.5 Å². The number of hydrogen-bond acceptors (Lipinski definition) is 7. The third-order valence-corrected chi connectivity index (χ3v) is 6.99. The normalized spacial score (nSPS) is 28.4. The van der Waals surface area contributed by atoms with Gasteiger partial charge in [0.05, 0.1) is 12.0 Å². The van der Waals surface area contributed by atoms with Crippen molar-refractivity contribution in [3.05, 3.63) is 78.4 Å². The average molecular weight is 493 g/mol. The minimum atomic E-state index is -0.390. The van der Waals surface area contributed by atoms with E-state index in [2.05, 4.69) is 0 Å². The SMILES string of the molecule is O=C1C[C@@H]2[C@@H](C=C[C@@H](COc3ccccc3)OC3CCCCO3)[C@H](OC(=O)c3ccccc3)C[C@@H]2O1. The lowest BCUT2D eigenvalue weighted by molar-refractivity contribution is -0.182. The number of ether oxygens (including phenoxy) is 5. The molecule has 7 heteroatoms. The molecule has 2 aromatic carbocycles. The molecule has 1 saturated carbocycles. The predicted molar refractivity (Wildman–Crippen MR) is 131 cm³/mol. The molecule has 0 bridgehead atoms. The summed E-state index contributed by atoms with van der Waals surface area (Å²) >= 11 is 0. The molecule has 0 radical (unpaired) electrons. The highest BCUT2D eigenvalue weighted by Gasteiger charge is 2.50. The summed E-state index contributed by atoms with van der Waals surface area (Å²) in [6.07, 6.45) is 6.42. The highest BCUT2D eigenvalue weighted by Crippen LogP contribution is 2.43. The van der Waals surface area contributed by atoms with Gasteiger partial charge in [-0.3, -0.25) is 4.79 Å². The Morgan fingerprint density at radius 1 is 1.06 bits per heavy atom. The molecule has 6 atom stereocenters. The maximum Gasteiger partial charge on any atom is 0.338 e. The van der Waals surface area contributed by atoms with E-state index in [1.807, 2.05) is 48.6 Å². The second-order valence-electron chi connectivity index (χ2n) is 9.50. The number of benzene rings is 2. The van der Waals surface area contributed by atoms with E-state index in [1.54, 1.807) is 24.3 Å². The molecule has 190 valence electrons. The van der Waals surface area contributed by atoms with Crippen LogP contribution in [-0.2, 0) is 23.7 Å². The first kappa shape index (κ1) is 24.5. The molecule has 1 aliphatic carbocycles. The molecular weight excluding hydrogens is 460 g/mol. The summed E-state index contributed by atoms with van der Waals surface area (Å²) in [5.74, 6) is -0.0178. The molecule has 1 unspecified atom stereocenters. The van der Waals surface area contributed by atoms with Gasteiger partial charge in [0.2, 0.25) is 0 Å². The molecule has 2 aliphatic heterocycles. The van der Waals surface area contributed by atoms with Crippen LogP contribution < -0.4 is 4.74 Å². The summed E-state index contributed by atoms with van der Waals surface area (Å²) < 4.78 is 29.5. The maximum atomic E-state index is 12.8. The maximum absolute atomic E-state index is 12.8. The van der Waals surface area contributed by atoms with Gasteiger partial charge in [-0.25, -0.2) is 4.79 Å². The van der Waals surface area contributed by atoms with Crippen LogP contribution >= 0.6 is 0 Å². The number of esters is 2. The monoisotopic (exact) mass is 492 g/mol. The van der Waals surface area contributed by atoms with Crippen LogP contribution in [0.25, 0.3) is 0 Å². The van der Waals surface area contributed by atoms with Crippen LogP contribution in [0.5, 0.6) is 5.75 Å². The first-order chi connectivity index (χ1) is 17.7. The van der Waals surface area contributed by atoms with E-state index >= 15 is 0 Å². The van der Waals surface area contributed by atoms with Gasteiger partial charge in [-0.2, -0.15) is 0 Å². The van der Waals surface area contributed by atoms with Gasteiger partial charge in [0, 0.05) is 24.9 Å². The van der Waals surface area contributed by atoms with Gasteiger partial charge < -0.3 is 23.7 Å². The van der Waals surface area contributed by atoms with Crippen molar-refractivity contribution < 1.29 is 33.3 Å². The smallest absolute Gasteiger partial charge is 0.338 e. The Labute approximate surface area is 211 Å². The van der Waals surface area contributed by atoms with Crippen molar-refractivity contribution in [1.29, 1.82) is 0 Å². The van der Waals surface area contributed by atoms with Crippen LogP contribution in [0.3, 0.4) is 0 Å². The molecule has 2 saturated heterocycles. The second kappa shape index (κ2) is 11.7. The number of hydrogen-bond donors (Lipinski definition) is 0. The Morgan fingerprint density at radius 3 is 2.58 bits per heavy atom. The molecule has 2 heterocycles. The minimum Gasteiger partial charge on any atom is -0.491 e. The van der Waals surface area contributed by atoms with Crippen LogP contribution in [0, 0.1) is 11.8 Å². The fourth-order valence-corrected chi connectivity index (χ4v) is 5.17. The molecule has 5 rings (SSSR count). The fourth-order valence-electron chi connectivity index (χ4n) is 5.17. The van der Waals surface area contributed by atoms with Crippen molar-refractivity contribution in [2.45, 2.75) is 56.7 Å². The molecule has 3 fully saturated rings. The molecule has 7 nitrogen and oxygen atoms in total. The van der Waals surface area contributed by atoms with E-state index in [9.17, 15) is 9.59 Å². The molecule has 0 amide bonds. The van der Waals surface area contributed by atoms with E-state index in [1.165, 1.54) is 0 Å². The van der Waals surface area contributed by atoms with Crippen molar-refractivity contribution in [2.75, 3.05) is 13.2 Å². The van der Waals surface area contributed by atoms with Crippen LogP contribution in [-0.4, -0.2) is 49.8 Å². The quantitative estimate of drug-likeness (QED) is 0.370. The minimum absolute atomic E-state index is 0.0380. The number of carbonyl (C=O) groups excluding carboxylic acids is 2. The molecule has 2 aromatic rings. The lowest BCUT2D eigenvalue weighted by Gasteiger charge is -2.27. The van der Waals surface area contributed by atoms with Crippen LogP contribution in [0.15, 0.2) is 72.8 Å². The van der Waals surface area contributed by atoms with Crippen molar-refractivity contribution in [2.24, 2.45) is 11.8 Å². The summed E-state index contributed by atoms with van der Waals surface area (Å²) in [7, 11) is 0. The highest BCUT2D eigenvalue weighted by atomic mass is 16.7. The molecular formula is C29H32O7. The van der Waals surface area contributed by atoms with E-state index in [0.29, 0.717) is 31.6 Å². The number of fused-ring (bicyclic) bond motifs is 1. The van der Waals surface area contributed by atoms with Gasteiger partial charge >= 0.3 is 11.9 Å². The van der Waals surface area contributed by atoms with Crippen LogP contribution in [0.4, 0.5) is 0 Å². The standard InChI is InChI=1S/C29H32O7/c30-27-17-24-23(25(18-26(24)35-27)36-29(31)20-9-3-1-4-10-20)15-14-22(34-28-13-7-8-16-32-28)19-33-21-11-5-2-6-12-21/h1-6,9-12,14-15,22-26,28H,7-8,13,16-19H2/t22-,23+,24+,25+,26-,28?/m0/s1. The number of carbonyl (C=O) groups is 2. The zero-order valence-corrected chi connectivity index (χ0v) is 20.2. The zero-order valence-electron chi connectivity index (χ0n) is 20.2. The molecule has 36 heavy (non-hydrogen) atoms. The summed E-state index contributed by atoms with van der Waals surface area (Å²) in [5.41, 5.74) is 0.501. The lowest BCUT2D eigenvalue weighted by atomic mass is 9.91. The van der Waals surface area contributed by atoms with Crippen LogP contribution in [0.2, 0.25) is 0 Å². The van der Waals surface area contributed by atoms with Gasteiger partial charge in [0.15, 0.2) is 6.29 Å². The first-order valence-electron chi connectivity index (χ1n) is 12.7. The predicted octanol–water partition coefficient (Wildman–Crippen LogP) is 4.71. The van der Waals surface area contributed by atoms with E-state index < -0.39 is 6.10 Å². The van der Waals surface area contributed by atoms with Gasteiger partial charge in [-0.1, -0.05) is 48.6 Å². The highest BCUT2D eigenvalue weighted by molar-refractivity contribution is 5.89. The lowest BCUT2D eigenvalue weighted by Crippen LogP contribution is -2.31. The fraction of sp³-hybridized carbons (Fsp3) is 0.448. The van der Waals surface area contributed by atoms with E-state index in [4.69, 9.17) is 23.7 Å². The average Bonchev–Trinajstić information content (AvgIpc) is 3.42. The Morgan fingerprint density at radius 2 is 1.83 bits per heavy atom. The largest absolute Gasteiger partial charge is 0.491 e. The van der Waals surface area contributed by atoms with Crippen molar-refractivity contribution in [3.63, 3.8) is 0 Å². The summed E-state index contributed by atoms with van der Waals surface area (Å²) in [5, 5.41) is 0. The van der Waals surface area contributed by atoms with Gasteiger partial charge in [0.1, 0.15) is 30.7 Å². The van der Waals surface area contributed by atoms with Gasteiger partial charge in [-0.05, 0) is 43.5 Å². The van der Waals surface area contributed by atoms with E-state index in [0.717, 1.165) is 25.0 Å². The topological polar surface area (TPSA) is 80.3 Å². The Kier molecular flexibility index (Phi) is 7.98. The van der Waals surface area contributed by atoms with Gasteiger partial charge in [0.25, 0.3) is 0 Å². The number of para-hydroxylation sites is 1. The zero-order chi connectivity index (χ0) is 24.7. The molecule has 0 aromatic heterocycles. The first-order valence-corrected chi connectivity index (χ1v) is 12.7. The Bertz CT molecular complexity index is 1030. The molecule has 3 aliphatic rings. The van der Waals surface area contributed by atoms with Crippen molar-refractivity contribution in [1.82, 2.24) is 0 Å². The molecule has 0 spiro atoms. The summed E-state index contributed by atoms with van der Waals surface area (Å²) in [4.78, 5) is 24.8. The van der Waals surface area contributed by atoms with Gasteiger partial charge in [-0.15, -0.1) is 0 Å². The second-order valence-corrected chi connectivity index (χ2v) is 9.50. The summed E-state index contributed by atoms with van der Waals surface area (Å²) in [6.45, 7) is 0.995. The van der Waals surface area contributed by atoms with E-state index in [-0.39, 0.29) is 42.3 Å².